The van der Waals surface area contributed by atoms with Crippen LogP contribution in [-0.4, -0.2) is 35.1 Å². The molecule has 11 nitrogen and oxygen atoms in total. The van der Waals surface area contributed by atoms with Crippen molar-refractivity contribution in [3.63, 3.8) is 0 Å². The minimum atomic E-state index is -0.443. The van der Waals surface area contributed by atoms with Crippen LogP contribution in [0.2, 0.25) is 10.3 Å². The quantitative estimate of drug-likeness (QED) is 0.231. The van der Waals surface area contributed by atoms with Crippen LogP contribution in [0, 0.1) is 0 Å². The van der Waals surface area contributed by atoms with Gasteiger partial charge in [-0.15, -0.1) is 0 Å². The highest BCUT2D eigenvalue weighted by Gasteiger charge is 2.17. The summed E-state index contributed by atoms with van der Waals surface area (Å²) in [7, 11) is 0. The number of nitrogens with zero attached hydrogens (tertiary/aromatic N) is 5. The van der Waals surface area contributed by atoms with Gasteiger partial charge in [0.05, 0.1) is 10.6 Å². The van der Waals surface area contributed by atoms with Gasteiger partial charge in [0.15, 0.2) is 17.0 Å². The molecule has 1 amide bonds. The second-order valence-electron chi connectivity index (χ2n) is 8.32. The van der Waals surface area contributed by atoms with Crippen molar-refractivity contribution in [2.75, 3.05) is 5.32 Å². The van der Waals surface area contributed by atoms with Gasteiger partial charge in [0.25, 0.3) is 11.4 Å². The van der Waals surface area contributed by atoms with Crippen LogP contribution in [0.5, 0.6) is 0 Å². The predicted octanol–water partition coefficient (Wildman–Crippen LogP) is 4.02. The summed E-state index contributed by atoms with van der Waals surface area (Å²) < 4.78 is 8.05. The first-order chi connectivity index (χ1) is 17.3. The number of rotatable bonds is 10. The number of unbranched alkanes of at least 4 members (excludes halogenated alkanes) is 2. The van der Waals surface area contributed by atoms with Crippen LogP contribution < -0.4 is 16.6 Å². The van der Waals surface area contributed by atoms with E-state index < -0.39 is 11.2 Å². The Morgan fingerprint density at radius 3 is 2.61 bits per heavy atom. The summed E-state index contributed by atoms with van der Waals surface area (Å²) in [6.07, 6.45) is 3.32. The monoisotopic (exact) mass is 533 g/mol. The van der Waals surface area contributed by atoms with Crippen LogP contribution in [-0.2, 0) is 24.3 Å². The molecular weight excluding hydrogens is 509 g/mol. The molecule has 0 bridgehead atoms. The zero-order chi connectivity index (χ0) is 25.8. The molecule has 3 aromatic heterocycles. The number of aromatic amines is 1. The average molecular weight is 534 g/mol. The normalized spacial score (nSPS) is 11.3. The van der Waals surface area contributed by atoms with Crippen molar-refractivity contribution in [2.45, 2.75) is 59.0 Å². The summed E-state index contributed by atoms with van der Waals surface area (Å²) in [6.45, 7) is 4.12. The number of aromatic nitrogens is 6. The van der Waals surface area contributed by atoms with E-state index >= 15 is 0 Å². The molecule has 0 radical (unpaired) electrons. The molecule has 0 spiro atoms. The first-order valence-corrected chi connectivity index (χ1v) is 12.3. The zero-order valence-corrected chi connectivity index (χ0v) is 21.3. The summed E-state index contributed by atoms with van der Waals surface area (Å²) in [5.74, 6) is 0.547. The number of hydrogen-bond donors (Lipinski definition) is 2. The molecule has 4 aromatic rings. The van der Waals surface area contributed by atoms with Gasteiger partial charge >= 0.3 is 5.69 Å². The second-order valence-corrected chi connectivity index (χ2v) is 9.08. The fourth-order valence-corrected chi connectivity index (χ4v) is 4.28. The van der Waals surface area contributed by atoms with Crippen molar-refractivity contribution in [3.8, 4) is 11.5 Å². The molecule has 4 rings (SSSR count). The molecule has 0 saturated carbocycles. The molecule has 0 fully saturated rings. The Kier molecular flexibility index (Phi) is 7.90. The van der Waals surface area contributed by atoms with Crippen LogP contribution >= 0.6 is 23.2 Å². The number of carbonyl (C=O) groups excluding carboxylic acids is 1. The standard InChI is InChI=1S/C23H25Cl2N7O4/c1-3-4-10-31-19-18(28-22(25)29-19)21(34)32(23(31)35)11-6-5-7-17-27-20(36-30-17)15-9-8-14(12-16(15)24)26-13(2)33/h8-9,12H,3-7,10-11H2,1-2H3,(H,26,33)(H,28,29). The molecule has 13 heteroatoms. The lowest BCUT2D eigenvalue weighted by molar-refractivity contribution is -0.114. The van der Waals surface area contributed by atoms with Crippen LogP contribution in [0.25, 0.3) is 22.6 Å². The third kappa shape index (κ3) is 5.52. The van der Waals surface area contributed by atoms with E-state index in [4.69, 9.17) is 27.7 Å². The molecule has 36 heavy (non-hydrogen) atoms. The lowest BCUT2D eigenvalue weighted by Gasteiger charge is -2.10. The predicted molar refractivity (Wildman–Crippen MR) is 137 cm³/mol. The highest BCUT2D eigenvalue weighted by atomic mass is 35.5. The smallest absolute Gasteiger partial charge is 0.332 e. The molecule has 190 valence electrons. The third-order valence-electron chi connectivity index (χ3n) is 5.59. The van der Waals surface area contributed by atoms with Crippen LogP contribution in [0.15, 0.2) is 32.3 Å². The molecule has 0 atom stereocenters. The van der Waals surface area contributed by atoms with Crippen LogP contribution in [0.4, 0.5) is 5.69 Å². The first kappa shape index (κ1) is 25.6. The van der Waals surface area contributed by atoms with E-state index in [0.717, 1.165) is 12.8 Å². The average Bonchev–Trinajstić information content (AvgIpc) is 3.45. The van der Waals surface area contributed by atoms with Gasteiger partial charge in [-0.2, -0.15) is 9.97 Å². The molecule has 1 aromatic carbocycles. The van der Waals surface area contributed by atoms with Crippen molar-refractivity contribution in [1.29, 1.82) is 0 Å². The molecular formula is C23H25Cl2N7O4. The Balaban J connectivity index is 1.43. The Morgan fingerprint density at radius 2 is 1.89 bits per heavy atom. The number of aryl methyl sites for hydroxylation is 2. The number of imidazole rings is 1. The van der Waals surface area contributed by atoms with Crippen LogP contribution in [0.1, 0.15) is 45.4 Å². The maximum atomic E-state index is 13.0. The SMILES string of the molecule is CCCCn1c(=O)n(CCCCc2noc(-c3ccc(NC(C)=O)cc3Cl)n2)c(=O)c2[nH]c(Cl)nc21. The number of nitrogens with one attached hydrogen (secondary N) is 2. The number of fused-ring (bicyclic) bond motifs is 1. The number of halogens is 2. The highest BCUT2D eigenvalue weighted by Crippen LogP contribution is 2.29. The minimum Gasteiger partial charge on any atom is -0.334 e. The van der Waals surface area contributed by atoms with Gasteiger partial charge in [-0.25, -0.2) is 4.79 Å². The minimum absolute atomic E-state index is 0.0715. The third-order valence-corrected chi connectivity index (χ3v) is 6.08. The van der Waals surface area contributed by atoms with E-state index in [1.807, 2.05) is 6.92 Å². The summed E-state index contributed by atoms with van der Waals surface area (Å²) in [4.78, 5) is 48.4. The number of benzene rings is 1. The fraction of sp³-hybridized carbons (Fsp3) is 0.391. The number of carbonyl (C=O) groups is 1. The topological polar surface area (TPSA) is 141 Å². The van der Waals surface area contributed by atoms with Gasteiger partial charge in [0, 0.05) is 32.1 Å². The van der Waals surface area contributed by atoms with E-state index in [1.165, 1.54) is 16.1 Å². The largest absolute Gasteiger partial charge is 0.334 e. The van der Waals surface area contributed by atoms with Gasteiger partial charge in [-0.3, -0.25) is 18.7 Å². The molecule has 0 aliphatic carbocycles. The van der Waals surface area contributed by atoms with E-state index in [-0.39, 0.29) is 34.8 Å². The Morgan fingerprint density at radius 1 is 1.11 bits per heavy atom. The van der Waals surface area contributed by atoms with Crippen molar-refractivity contribution >= 4 is 46.0 Å². The van der Waals surface area contributed by atoms with Crippen LogP contribution in [0.3, 0.4) is 0 Å². The Hall–Kier alpha value is -3.44. The Bertz CT molecular complexity index is 1520. The van der Waals surface area contributed by atoms with Crippen molar-refractivity contribution < 1.29 is 9.32 Å². The number of anilines is 1. The highest BCUT2D eigenvalue weighted by molar-refractivity contribution is 6.33. The number of hydrogen-bond acceptors (Lipinski definition) is 7. The van der Waals surface area contributed by atoms with Crippen molar-refractivity contribution in [1.82, 2.24) is 29.2 Å². The maximum Gasteiger partial charge on any atom is 0.332 e. The van der Waals surface area contributed by atoms with E-state index in [1.54, 1.807) is 18.2 Å². The summed E-state index contributed by atoms with van der Waals surface area (Å²) >= 11 is 12.3. The molecule has 3 heterocycles. The van der Waals surface area contributed by atoms with Gasteiger partial charge in [0.1, 0.15) is 0 Å². The second kappa shape index (κ2) is 11.1. The fourth-order valence-electron chi connectivity index (χ4n) is 3.84. The molecule has 2 N–H and O–H groups in total. The lowest BCUT2D eigenvalue weighted by Crippen LogP contribution is -2.40. The van der Waals surface area contributed by atoms with Gasteiger partial charge in [0.2, 0.25) is 11.2 Å². The maximum absolute atomic E-state index is 13.0. The number of H-pyrrole nitrogens is 1. The molecule has 0 aliphatic rings. The summed E-state index contributed by atoms with van der Waals surface area (Å²) in [5, 5.41) is 7.10. The summed E-state index contributed by atoms with van der Waals surface area (Å²) in [6, 6.07) is 5.00. The molecule has 0 saturated heterocycles. The molecule has 0 unspecified atom stereocenters. The number of amides is 1. The first-order valence-electron chi connectivity index (χ1n) is 11.6. The Labute approximate surface area is 215 Å². The van der Waals surface area contributed by atoms with Crippen molar-refractivity contribution in [3.05, 3.63) is 55.2 Å². The zero-order valence-electron chi connectivity index (χ0n) is 19.8. The molecule has 0 aliphatic heterocycles. The van der Waals surface area contributed by atoms with Gasteiger partial charge < -0.3 is 14.8 Å². The van der Waals surface area contributed by atoms with E-state index in [0.29, 0.717) is 47.9 Å². The van der Waals surface area contributed by atoms with Gasteiger partial charge in [-0.05, 0) is 49.1 Å². The van der Waals surface area contributed by atoms with Crippen molar-refractivity contribution in [2.24, 2.45) is 0 Å². The summed E-state index contributed by atoms with van der Waals surface area (Å²) in [5.41, 5.74) is 0.776. The van der Waals surface area contributed by atoms with E-state index in [2.05, 4.69) is 25.4 Å². The van der Waals surface area contributed by atoms with Gasteiger partial charge in [-0.1, -0.05) is 30.1 Å². The lowest BCUT2D eigenvalue weighted by atomic mass is 10.2. The van der Waals surface area contributed by atoms with E-state index in [9.17, 15) is 14.4 Å².